The Hall–Kier alpha value is -1.32. The highest BCUT2D eigenvalue weighted by molar-refractivity contribution is 5.98. The normalized spacial score (nSPS) is 29.2. The molecule has 0 aromatic heterocycles. The number of rotatable bonds is 2. The second-order valence-corrected chi connectivity index (χ2v) is 4.28. The molecule has 2 atom stereocenters. The van der Waals surface area contributed by atoms with Crippen LogP contribution < -0.4 is 0 Å². The molecule has 0 saturated heterocycles. The van der Waals surface area contributed by atoms with Gasteiger partial charge in [-0.05, 0) is 25.7 Å². The van der Waals surface area contributed by atoms with Crippen LogP contribution in [-0.4, -0.2) is 26.2 Å². The van der Waals surface area contributed by atoms with Crippen LogP contribution in [-0.2, 0) is 19.1 Å². The van der Waals surface area contributed by atoms with E-state index in [0.29, 0.717) is 5.57 Å². The molecule has 0 bridgehead atoms. The number of esters is 2. The van der Waals surface area contributed by atoms with Crippen LogP contribution >= 0.6 is 0 Å². The zero-order valence-electron chi connectivity index (χ0n) is 10.2. The van der Waals surface area contributed by atoms with Crippen molar-refractivity contribution in [2.24, 2.45) is 11.3 Å². The van der Waals surface area contributed by atoms with E-state index in [1.807, 2.05) is 6.92 Å². The molecule has 1 aliphatic rings. The average Bonchev–Trinajstić information content (AvgIpc) is 2.30. The van der Waals surface area contributed by atoms with Crippen LogP contribution in [0.25, 0.3) is 0 Å². The first-order valence-corrected chi connectivity index (χ1v) is 5.35. The summed E-state index contributed by atoms with van der Waals surface area (Å²) in [4.78, 5) is 23.5. The van der Waals surface area contributed by atoms with Crippen molar-refractivity contribution >= 4 is 11.9 Å². The minimum absolute atomic E-state index is 0.0686. The molecule has 0 aliphatic heterocycles. The minimum atomic E-state index is -0.889. The molecule has 1 rings (SSSR count). The third-order valence-electron chi connectivity index (χ3n) is 3.51. The molecule has 0 N–H and O–H groups in total. The van der Waals surface area contributed by atoms with Gasteiger partial charge in [0.2, 0.25) is 0 Å². The van der Waals surface area contributed by atoms with Crippen LogP contribution in [0.4, 0.5) is 0 Å². The highest BCUT2D eigenvalue weighted by Crippen LogP contribution is 2.43. The van der Waals surface area contributed by atoms with E-state index in [2.05, 4.69) is 0 Å². The Bertz CT molecular complexity index is 332. The summed E-state index contributed by atoms with van der Waals surface area (Å²) in [5.41, 5.74) is -0.472. The van der Waals surface area contributed by atoms with Gasteiger partial charge in [0.1, 0.15) is 0 Å². The SMILES string of the molecule is COC(=O)C1=CCC[C@H](C)[C@@]1(C)C(=O)OC. The topological polar surface area (TPSA) is 52.6 Å². The Morgan fingerprint density at radius 1 is 1.38 bits per heavy atom. The van der Waals surface area contributed by atoms with E-state index in [0.717, 1.165) is 12.8 Å². The van der Waals surface area contributed by atoms with Crippen LogP contribution in [0.1, 0.15) is 26.7 Å². The van der Waals surface area contributed by atoms with Gasteiger partial charge in [-0.2, -0.15) is 0 Å². The maximum absolute atomic E-state index is 11.9. The van der Waals surface area contributed by atoms with E-state index in [9.17, 15) is 9.59 Å². The van der Waals surface area contributed by atoms with Gasteiger partial charge in [0, 0.05) is 0 Å². The summed E-state index contributed by atoms with van der Waals surface area (Å²) < 4.78 is 9.51. The van der Waals surface area contributed by atoms with Crippen LogP contribution in [0.15, 0.2) is 11.6 Å². The Balaban J connectivity index is 3.17. The molecule has 16 heavy (non-hydrogen) atoms. The highest BCUT2D eigenvalue weighted by atomic mass is 16.5. The standard InChI is InChI=1S/C12H18O4/c1-8-6-5-7-9(10(13)15-3)12(8,2)11(14)16-4/h7-8H,5-6H2,1-4H3/t8-,12+/m0/s1. The predicted octanol–water partition coefficient (Wildman–Crippen LogP) is 1.70. The summed E-state index contributed by atoms with van der Waals surface area (Å²) in [7, 11) is 2.66. The molecule has 90 valence electrons. The molecule has 0 aromatic rings. The molecular weight excluding hydrogens is 208 g/mol. The van der Waals surface area contributed by atoms with Crippen molar-refractivity contribution in [3.8, 4) is 0 Å². The Kier molecular flexibility index (Phi) is 3.73. The van der Waals surface area contributed by atoms with Gasteiger partial charge >= 0.3 is 11.9 Å². The van der Waals surface area contributed by atoms with Gasteiger partial charge < -0.3 is 9.47 Å². The third kappa shape index (κ3) is 1.84. The molecule has 4 nitrogen and oxygen atoms in total. The molecule has 0 saturated carbocycles. The van der Waals surface area contributed by atoms with Gasteiger partial charge in [0.05, 0.1) is 25.2 Å². The van der Waals surface area contributed by atoms with E-state index in [1.54, 1.807) is 13.0 Å². The van der Waals surface area contributed by atoms with E-state index in [-0.39, 0.29) is 11.9 Å². The van der Waals surface area contributed by atoms with Gasteiger partial charge in [-0.15, -0.1) is 0 Å². The number of allylic oxidation sites excluding steroid dienone is 1. The van der Waals surface area contributed by atoms with Gasteiger partial charge in [-0.25, -0.2) is 4.79 Å². The largest absolute Gasteiger partial charge is 0.468 e. The fourth-order valence-corrected chi connectivity index (χ4v) is 2.17. The van der Waals surface area contributed by atoms with Crippen LogP contribution in [0, 0.1) is 11.3 Å². The van der Waals surface area contributed by atoms with Crippen molar-refractivity contribution in [1.29, 1.82) is 0 Å². The van der Waals surface area contributed by atoms with Crippen molar-refractivity contribution in [3.05, 3.63) is 11.6 Å². The quantitative estimate of drug-likeness (QED) is 0.672. The van der Waals surface area contributed by atoms with Gasteiger partial charge in [-0.3, -0.25) is 4.79 Å². The van der Waals surface area contributed by atoms with Crippen molar-refractivity contribution in [1.82, 2.24) is 0 Å². The smallest absolute Gasteiger partial charge is 0.334 e. The first kappa shape index (κ1) is 12.7. The van der Waals surface area contributed by atoms with Crippen molar-refractivity contribution < 1.29 is 19.1 Å². The number of carbonyl (C=O) groups excluding carboxylic acids is 2. The molecule has 0 spiro atoms. The summed E-state index contributed by atoms with van der Waals surface area (Å²) >= 11 is 0. The van der Waals surface area contributed by atoms with Crippen LogP contribution in [0.2, 0.25) is 0 Å². The Morgan fingerprint density at radius 3 is 2.50 bits per heavy atom. The van der Waals surface area contributed by atoms with Crippen molar-refractivity contribution in [2.75, 3.05) is 14.2 Å². The summed E-state index contributed by atoms with van der Waals surface area (Å²) in [6.07, 6.45) is 3.44. The maximum Gasteiger partial charge on any atom is 0.334 e. The molecule has 0 amide bonds. The first-order chi connectivity index (χ1) is 7.48. The minimum Gasteiger partial charge on any atom is -0.468 e. The summed E-state index contributed by atoms with van der Waals surface area (Å²) in [6.45, 7) is 3.69. The number of ether oxygens (including phenoxy) is 2. The third-order valence-corrected chi connectivity index (χ3v) is 3.51. The molecule has 1 aliphatic carbocycles. The van der Waals surface area contributed by atoms with Gasteiger partial charge in [0.15, 0.2) is 0 Å². The molecular formula is C12H18O4. The van der Waals surface area contributed by atoms with Crippen molar-refractivity contribution in [3.63, 3.8) is 0 Å². The first-order valence-electron chi connectivity index (χ1n) is 5.35. The molecule has 0 aromatic carbocycles. The monoisotopic (exact) mass is 226 g/mol. The molecule has 0 heterocycles. The zero-order chi connectivity index (χ0) is 12.3. The van der Waals surface area contributed by atoms with E-state index in [1.165, 1.54) is 14.2 Å². The number of methoxy groups -OCH3 is 2. The maximum atomic E-state index is 11.9. The fraction of sp³-hybridized carbons (Fsp3) is 0.667. The summed E-state index contributed by atoms with van der Waals surface area (Å²) in [5.74, 6) is -0.755. The lowest BCUT2D eigenvalue weighted by molar-refractivity contribution is -0.156. The van der Waals surface area contributed by atoms with Gasteiger partial charge in [0.25, 0.3) is 0 Å². The van der Waals surface area contributed by atoms with E-state index < -0.39 is 11.4 Å². The lowest BCUT2D eigenvalue weighted by atomic mass is 9.67. The highest BCUT2D eigenvalue weighted by Gasteiger charge is 2.47. The Morgan fingerprint density at radius 2 is 2.00 bits per heavy atom. The molecule has 0 radical (unpaired) electrons. The van der Waals surface area contributed by atoms with Crippen LogP contribution in [0.5, 0.6) is 0 Å². The molecule has 4 heteroatoms. The second-order valence-electron chi connectivity index (χ2n) is 4.28. The Labute approximate surface area is 95.6 Å². The lowest BCUT2D eigenvalue weighted by Gasteiger charge is -2.36. The van der Waals surface area contributed by atoms with Crippen LogP contribution in [0.3, 0.4) is 0 Å². The lowest BCUT2D eigenvalue weighted by Crippen LogP contribution is -2.42. The number of hydrogen-bond acceptors (Lipinski definition) is 4. The fourth-order valence-electron chi connectivity index (χ4n) is 2.17. The number of hydrogen-bond donors (Lipinski definition) is 0. The molecule has 0 unspecified atom stereocenters. The second kappa shape index (κ2) is 4.68. The molecule has 0 fully saturated rings. The average molecular weight is 226 g/mol. The summed E-state index contributed by atoms with van der Waals surface area (Å²) in [5, 5.41) is 0. The van der Waals surface area contributed by atoms with Gasteiger partial charge in [-0.1, -0.05) is 13.0 Å². The van der Waals surface area contributed by atoms with E-state index in [4.69, 9.17) is 9.47 Å². The number of carbonyl (C=O) groups is 2. The van der Waals surface area contributed by atoms with Crippen molar-refractivity contribution in [2.45, 2.75) is 26.7 Å². The van der Waals surface area contributed by atoms with E-state index >= 15 is 0 Å². The predicted molar refractivity (Wildman–Crippen MR) is 58.6 cm³/mol. The summed E-state index contributed by atoms with van der Waals surface area (Å²) in [6, 6.07) is 0. The zero-order valence-corrected chi connectivity index (χ0v) is 10.2.